The van der Waals surface area contributed by atoms with Crippen molar-refractivity contribution in [1.82, 2.24) is 15.2 Å². The van der Waals surface area contributed by atoms with Crippen LogP contribution in [0.25, 0.3) is 0 Å². The van der Waals surface area contributed by atoms with Crippen LogP contribution in [-0.2, 0) is 11.3 Å². The second kappa shape index (κ2) is 12.8. The molecule has 2 N–H and O–H groups in total. The lowest BCUT2D eigenvalue weighted by atomic mass is 9.86. The van der Waals surface area contributed by atoms with E-state index in [1.54, 1.807) is 0 Å². The summed E-state index contributed by atoms with van der Waals surface area (Å²) in [5.74, 6) is 0.564. The van der Waals surface area contributed by atoms with Gasteiger partial charge in [0.05, 0.1) is 0 Å². The van der Waals surface area contributed by atoms with Crippen molar-refractivity contribution in [2.75, 3.05) is 37.7 Å². The van der Waals surface area contributed by atoms with Crippen LogP contribution in [0, 0.1) is 20.8 Å². The van der Waals surface area contributed by atoms with Crippen LogP contribution in [-0.4, -0.2) is 66.8 Å². The van der Waals surface area contributed by atoms with E-state index in [1.807, 2.05) is 32.9 Å². The standard InChI is InChI=1S/C32H46N4O4/c1-5-36(24-9-13-39-14-10-24)30-19-27(40-26-16-25(17-26)35-11-7-6-8-12-35)18-28(23(30)4)31(37)33-20-29-21(2)15-22(3)34-32(29)38/h15,18-19,24-26H,5-14,16-17,20H2,1-4H3,(H,33,37)(H,34,38)/t25-,26-. The van der Waals surface area contributed by atoms with E-state index >= 15 is 0 Å². The Kier molecular flexibility index (Phi) is 9.16. The van der Waals surface area contributed by atoms with E-state index in [9.17, 15) is 9.59 Å². The zero-order chi connectivity index (χ0) is 28.2. The minimum absolute atomic E-state index is 0.155. The molecule has 1 saturated carbocycles. The van der Waals surface area contributed by atoms with E-state index in [1.165, 1.54) is 32.4 Å². The number of benzene rings is 1. The number of likely N-dealkylation sites (tertiary alicyclic amines) is 1. The van der Waals surface area contributed by atoms with E-state index in [0.29, 0.717) is 23.2 Å². The molecule has 5 rings (SSSR count). The second-order valence-corrected chi connectivity index (χ2v) is 11.8. The number of hydrogen-bond acceptors (Lipinski definition) is 6. The minimum Gasteiger partial charge on any atom is -0.490 e. The Morgan fingerprint density at radius 1 is 1.10 bits per heavy atom. The van der Waals surface area contributed by atoms with Crippen LogP contribution in [0.5, 0.6) is 5.75 Å². The molecule has 3 heterocycles. The summed E-state index contributed by atoms with van der Waals surface area (Å²) in [6.07, 6.45) is 8.13. The van der Waals surface area contributed by atoms with Crippen molar-refractivity contribution in [3.63, 3.8) is 0 Å². The summed E-state index contributed by atoms with van der Waals surface area (Å²) >= 11 is 0. The normalized spacial score (nSPS) is 22.0. The van der Waals surface area contributed by atoms with Gasteiger partial charge in [-0.05, 0) is 89.7 Å². The lowest BCUT2D eigenvalue weighted by Gasteiger charge is -2.44. The van der Waals surface area contributed by atoms with Crippen molar-refractivity contribution in [2.45, 2.75) is 97.4 Å². The Bertz CT molecular complexity index is 1240. The third-order valence-electron chi connectivity index (χ3n) is 9.08. The first-order valence-electron chi connectivity index (χ1n) is 15.2. The van der Waals surface area contributed by atoms with Gasteiger partial charge in [0.1, 0.15) is 11.9 Å². The fourth-order valence-electron chi connectivity index (χ4n) is 6.67. The number of aromatic amines is 1. The van der Waals surface area contributed by atoms with Crippen molar-refractivity contribution >= 4 is 11.6 Å². The molecule has 0 atom stereocenters. The van der Waals surface area contributed by atoms with E-state index in [0.717, 1.165) is 73.7 Å². The molecule has 1 aromatic carbocycles. The summed E-state index contributed by atoms with van der Waals surface area (Å²) in [5, 5.41) is 3.02. The van der Waals surface area contributed by atoms with Crippen LogP contribution < -0.4 is 20.5 Å². The average molecular weight is 551 g/mol. The third-order valence-corrected chi connectivity index (χ3v) is 9.08. The topological polar surface area (TPSA) is 86.9 Å². The first-order chi connectivity index (χ1) is 19.3. The molecule has 3 fully saturated rings. The van der Waals surface area contributed by atoms with E-state index in [2.05, 4.69) is 33.1 Å². The molecule has 2 aliphatic heterocycles. The largest absolute Gasteiger partial charge is 0.490 e. The van der Waals surface area contributed by atoms with E-state index < -0.39 is 0 Å². The number of hydrogen-bond donors (Lipinski definition) is 2. The number of pyridine rings is 1. The van der Waals surface area contributed by atoms with Crippen LogP contribution in [0.15, 0.2) is 23.0 Å². The molecule has 40 heavy (non-hydrogen) atoms. The van der Waals surface area contributed by atoms with Crippen molar-refractivity contribution in [3.05, 3.63) is 56.5 Å². The maximum atomic E-state index is 13.6. The van der Waals surface area contributed by atoms with Gasteiger partial charge in [0, 0.05) is 79.8 Å². The summed E-state index contributed by atoms with van der Waals surface area (Å²) in [7, 11) is 0. The lowest BCUT2D eigenvalue weighted by molar-refractivity contribution is 0.00888. The van der Waals surface area contributed by atoms with E-state index in [-0.39, 0.29) is 24.1 Å². The van der Waals surface area contributed by atoms with Gasteiger partial charge in [0.15, 0.2) is 0 Å². The molecule has 3 aliphatic rings. The smallest absolute Gasteiger partial charge is 0.253 e. The molecule has 2 saturated heterocycles. The molecule has 0 unspecified atom stereocenters. The summed E-state index contributed by atoms with van der Waals surface area (Å²) in [6, 6.07) is 6.94. The quantitative estimate of drug-likeness (QED) is 0.474. The van der Waals surface area contributed by atoms with Crippen molar-refractivity contribution in [3.8, 4) is 5.75 Å². The molecule has 8 nitrogen and oxygen atoms in total. The van der Waals surface area contributed by atoms with Crippen molar-refractivity contribution in [2.24, 2.45) is 0 Å². The Hall–Kier alpha value is -2.84. The second-order valence-electron chi connectivity index (χ2n) is 11.8. The molecule has 8 heteroatoms. The fraction of sp³-hybridized carbons (Fsp3) is 0.625. The molecule has 0 bridgehead atoms. The molecule has 218 valence electrons. The van der Waals surface area contributed by atoms with Crippen LogP contribution in [0.3, 0.4) is 0 Å². The maximum absolute atomic E-state index is 13.6. The average Bonchev–Trinajstić information content (AvgIpc) is 2.92. The number of nitrogens with one attached hydrogen (secondary N) is 2. The molecule has 1 aliphatic carbocycles. The third kappa shape index (κ3) is 6.39. The van der Waals surface area contributed by atoms with Crippen LogP contribution >= 0.6 is 0 Å². The highest BCUT2D eigenvalue weighted by molar-refractivity contribution is 5.97. The van der Waals surface area contributed by atoms with Gasteiger partial charge in [-0.3, -0.25) is 9.59 Å². The molecular weight excluding hydrogens is 504 g/mol. The summed E-state index contributed by atoms with van der Waals surface area (Å²) in [5.41, 5.74) is 4.71. The number of ether oxygens (including phenoxy) is 2. The predicted octanol–water partition coefficient (Wildman–Crippen LogP) is 4.63. The van der Waals surface area contributed by atoms with Crippen LogP contribution in [0.1, 0.15) is 84.6 Å². The predicted molar refractivity (Wildman–Crippen MR) is 159 cm³/mol. The minimum atomic E-state index is -0.189. The first kappa shape index (κ1) is 28.7. The summed E-state index contributed by atoms with van der Waals surface area (Å²) in [4.78, 5) is 34.0. The highest BCUT2D eigenvalue weighted by atomic mass is 16.5. The molecule has 1 aromatic heterocycles. The summed E-state index contributed by atoms with van der Waals surface area (Å²) in [6.45, 7) is 12.9. The number of carbonyl (C=O) groups excluding carboxylic acids is 1. The number of aryl methyl sites for hydroxylation is 2. The van der Waals surface area contributed by atoms with Crippen molar-refractivity contribution < 1.29 is 14.3 Å². The number of rotatable bonds is 9. The Labute approximate surface area is 238 Å². The Balaban J connectivity index is 1.37. The van der Waals surface area contributed by atoms with Gasteiger partial charge in [0.2, 0.25) is 0 Å². The molecule has 1 amide bonds. The molecule has 0 spiro atoms. The van der Waals surface area contributed by atoms with Gasteiger partial charge in [-0.15, -0.1) is 0 Å². The van der Waals surface area contributed by atoms with Gasteiger partial charge in [-0.2, -0.15) is 0 Å². The highest BCUT2D eigenvalue weighted by Gasteiger charge is 2.36. The van der Waals surface area contributed by atoms with Crippen LogP contribution in [0.4, 0.5) is 5.69 Å². The number of nitrogens with zero attached hydrogens (tertiary/aromatic N) is 2. The Morgan fingerprint density at radius 2 is 1.82 bits per heavy atom. The molecule has 0 radical (unpaired) electrons. The van der Waals surface area contributed by atoms with Gasteiger partial charge in [0.25, 0.3) is 11.5 Å². The number of piperidine rings is 1. The fourth-order valence-corrected chi connectivity index (χ4v) is 6.67. The number of anilines is 1. The van der Waals surface area contributed by atoms with Gasteiger partial charge >= 0.3 is 0 Å². The SMILES string of the molecule is CCN(c1cc(O[C@H]2C[C@H](N3CCCCC3)C2)cc(C(=O)NCc2c(C)cc(C)[nH]c2=O)c1C)C1CCOCC1. The highest BCUT2D eigenvalue weighted by Crippen LogP contribution is 2.36. The zero-order valence-electron chi connectivity index (χ0n) is 24.7. The van der Waals surface area contributed by atoms with E-state index in [4.69, 9.17) is 9.47 Å². The van der Waals surface area contributed by atoms with Gasteiger partial charge in [-0.25, -0.2) is 0 Å². The monoisotopic (exact) mass is 550 g/mol. The van der Waals surface area contributed by atoms with Gasteiger partial charge in [-0.1, -0.05) is 6.42 Å². The Morgan fingerprint density at radius 3 is 2.50 bits per heavy atom. The lowest BCUT2D eigenvalue weighted by Crippen LogP contribution is -2.50. The number of carbonyl (C=O) groups is 1. The number of aromatic nitrogens is 1. The van der Waals surface area contributed by atoms with Crippen LogP contribution in [0.2, 0.25) is 0 Å². The number of H-pyrrole nitrogens is 1. The molecule has 2 aromatic rings. The maximum Gasteiger partial charge on any atom is 0.253 e. The number of amides is 1. The van der Waals surface area contributed by atoms with Gasteiger partial charge < -0.3 is 29.6 Å². The molecular formula is C32H46N4O4. The summed E-state index contributed by atoms with van der Waals surface area (Å²) < 4.78 is 12.2. The van der Waals surface area contributed by atoms with Crippen molar-refractivity contribution in [1.29, 1.82) is 0 Å². The zero-order valence-corrected chi connectivity index (χ0v) is 24.7. The first-order valence-corrected chi connectivity index (χ1v) is 15.2.